The highest BCUT2D eigenvalue weighted by atomic mass is 16.7. The van der Waals surface area contributed by atoms with Crippen LogP contribution in [-0.2, 0) is 14.3 Å². The second kappa shape index (κ2) is 10.2. The summed E-state index contributed by atoms with van der Waals surface area (Å²) < 4.78 is 17.5. The molecule has 0 bridgehead atoms. The van der Waals surface area contributed by atoms with Gasteiger partial charge in [-0.2, -0.15) is 0 Å². The molecule has 1 aromatic carbocycles. The van der Waals surface area contributed by atoms with E-state index < -0.39 is 37.3 Å². The van der Waals surface area contributed by atoms with Crippen LogP contribution in [-0.4, -0.2) is 75.8 Å². The lowest BCUT2D eigenvalue weighted by molar-refractivity contribution is -0.277. The summed E-state index contributed by atoms with van der Waals surface area (Å²) in [6, 6.07) is 7.28. The minimum atomic E-state index is -1.49. The second-order valence-corrected chi connectivity index (χ2v) is 9.65. The Balaban J connectivity index is 1.42. The van der Waals surface area contributed by atoms with Gasteiger partial charge in [-0.1, -0.05) is 32.4 Å². The van der Waals surface area contributed by atoms with Gasteiger partial charge in [-0.3, -0.25) is 4.79 Å². The highest BCUT2D eigenvalue weighted by Gasteiger charge is 2.45. The van der Waals surface area contributed by atoms with Gasteiger partial charge < -0.3 is 40.0 Å². The molecule has 0 radical (unpaired) electrons. The molecule has 184 valence electrons. The summed E-state index contributed by atoms with van der Waals surface area (Å²) in [5.41, 5.74) is 0.963. The molecule has 3 fully saturated rings. The fourth-order valence-corrected chi connectivity index (χ4v) is 5.05. The first-order valence-electron chi connectivity index (χ1n) is 11.8. The number of aliphatic hydroxyl groups excluding tert-OH is 4. The molecule has 0 spiro atoms. The van der Waals surface area contributed by atoms with E-state index >= 15 is 0 Å². The highest BCUT2D eigenvalue weighted by Crippen LogP contribution is 2.43. The van der Waals surface area contributed by atoms with Crippen molar-refractivity contribution in [1.29, 1.82) is 0 Å². The molecule has 33 heavy (non-hydrogen) atoms. The molecule has 1 aromatic rings. The van der Waals surface area contributed by atoms with Gasteiger partial charge >= 0.3 is 0 Å². The fourth-order valence-electron chi connectivity index (χ4n) is 5.05. The Morgan fingerprint density at radius 3 is 2.48 bits per heavy atom. The van der Waals surface area contributed by atoms with E-state index in [0.717, 1.165) is 24.8 Å². The van der Waals surface area contributed by atoms with Crippen molar-refractivity contribution in [2.24, 2.45) is 11.8 Å². The maximum absolute atomic E-state index is 12.3. The van der Waals surface area contributed by atoms with Crippen LogP contribution in [0.3, 0.4) is 0 Å². The normalized spacial score (nSPS) is 38.7. The van der Waals surface area contributed by atoms with Gasteiger partial charge in [0, 0.05) is 17.9 Å². The van der Waals surface area contributed by atoms with Gasteiger partial charge in [-0.15, -0.1) is 0 Å². The molecule has 1 aliphatic carbocycles. The number of carbonyl (C=O) groups excluding carboxylic acids is 1. The van der Waals surface area contributed by atoms with Gasteiger partial charge in [-0.25, -0.2) is 0 Å². The first-order valence-corrected chi connectivity index (χ1v) is 11.8. The Hall–Kier alpha value is -1.75. The van der Waals surface area contributed by atoms with Crippen LogP contribution in [0.2, 0.25) is 0 Å². The fraction of sp³-hybridized carbons (Fsp3) is 0.708. The summed E-state index contributed by atoms with van der Waals surface area (Å²) in [7, 11) is 0. The quantitative estimate of drug-likeness (QED) is 0.413. The van der Waals surface area contributed by atoms with E-state index in [4.69, 9.17) is 14.2 Å². The third-order valence-corrected chi connectivity index (χ3v) is 7.03. The first kappa shape index (κ1) is 24.4. The molecule has 3 aliphatic rings. The molecule has 1 saturated carbocycles. The molecule has 2 aliphatic heterocycles. The van der Waals surface area contributed by atoms with Crippen LogP contribution in [0.25, 0.3) is 0 Å². The predicted molar refractivity (Wildman–Crippen MR) is 117 cm³/mol. The Bertz CT molecular complexity index is 800. The lowest BCUT2D eigenvalue weighted by atomic mass is 9.86. The molecule has 9 heteroatoms. The smallest absolute Gasteiger partial charge is 0.229 e. The van der Waals surface area contributed by atoms with E-state index in [1.807, 2.05) is 26.0 Å². The molecule has 9 atom stereocenters. The molecule has 2 saturated heterocycles. The molecule has 9 nitrogen and oxygen atoms in total. The number of hydrogen-bond acceptors (Lipinski definition) is 8. The van der Waals surface area contributed by atoms with Gasteiger partial charge in [0.05, 0.1) is 18.8 Å². The zero-order valence-corrected chi connectivity index (χ0v) is 19.0. The number of aliphatic hydroxyl groups is 4. The Kier molecular flexibility index (Phi) is 7.57. The number of amides is 1. The van der Waals surface area contributed by atoms with Crippen LogP contribution in [0, 0.1) is 11.8 Å². The topological polar surface area (TPSA) is 138 Å². The summed E-state index contributed by atoms with van der Waals surface area (Å²) in [5.74, 6) is 0.750. The van der Waals surface area contributed by atoms with Crippen LogP contribution in [0.5, 0.6) is 5.75 Å². The van der Waals surface area contributed by atoms with Crippen LogP contribution in [0.4, 0.5) is 0 Å². The van der Waals surface area contributed by atoms with Crippen molar-refractivity contribution in [2.75, 3.05) is 6.61 Å². The Labute approximate surface area is 193 Å². The number of fused-ring (bicyclic) bond motifs is 1. The average molecular weight is 466 g/mol. The second-order valence-electron chi connectivity index (χ2n) is 9.65. The van der Waals surface area contributed by atoms with E-state index in [-0.39, 0.29) is 30.1 Å². The maximum atomic E-state index is 12.3. The molecule has 5 N–H and O–H groups in total. The van der Waals surface area contributed by atoms with Crippen LogP contribution in [0.1, 0.15) is 51.2 Å². The van der Waals surface area contributed by atoms with Crippen molar-refractivity contribution in [2.45, 2.75) is 88.5 Å². The molecule has 0 unspecified atom stereocenters. The highest BCUT2D eigenvalue weighted by molar-refractivity contribution is 5.78. The summed E-state index contributed by atoms with van der Waals surface area (Å²) in [6.07, 6.45) is -2.81. The summed E-state index contributed by atoms with van der Waals surface area (Å²) in [4.78, 5) is 12.3. The molecule has 2 heterocycles. The third kappa shape index (κ3) is 5.18. The number of hydrogen-bond donors (Lipinski definition) is 5. The van der Waals surface area contributed by atoms with Crippen LogP contribution >= 0.6 is 0 Å². The third-order valence-electron chi connectivity index (χ3n) is 7.03. The van der Waals surface area contributed by atoms with Crippen molar-refractivity contribution < 1.29 is 39.4 Å². The number of nitrogens with one attached hydrogen (secondary N) is 1. The van der Waals surface area contributed by atoms with Gasteiger partial charge in [0.2, 0.25) is 12.2 Å². The number of ether oxygens (including phenoxy) is 3. The van der Waals surface area contributed by atoms with E-state index in [1.165, 1.54) is 0 Å². The van der Waals surface area contributed by atoms with Crippen molar-refractivity contribution in [3.63, 3.8) is 0 Å². The standard InChI is InChI=1S/C24H35NO8/c1-12(2)23(30)25-16-10-18(32-17-5-3-4-15(16)17)13-6-8-14(9-7-13)31-24-22(29)21(28)20(27)19(11-26)33-24/h6-9,12,15-22,24,26-29H,3-5,10-11H2,1-2H3,(H,25,30)/t15-,16+,17+,18+,19+,20+,21-,22-,24-/m0/s1. The summed E-state index contributed by atoms with van der Waals surface area (Å²) >= 11 is 0. The van der Waals surface area contributed by atoms with Gasteiger partial charge in [-0.05, 0) is 37.0 Å². The number of benzene rings is 1. The summed E-state index contributed by atoms with van der Waals surface area (Å²) in [6.45, 7) is 3.28. The van der Waals surface area contributed by atoms with Gasteiger partial charge in [0.15, 0.2) is 0 Å². The van der Waals surface area contributed by atoms with Gasteiger partial charge in [0.1, 0.15) is 30.2 Å². The van der Waals surface area contributed by atoms with E-state index in [2.05, 4.69) is 5.32 Å². The van der Waals surface area contributed by atoms with Gasteiger partial charge in [0.25, 0.3) is 0 Å². The van der Waals surface area contributed by atoms with Crippen molar-refractivity contribution >= 4 is 5.91 Å². The first-order chi connectivity index (χ1) is 15.8. The zero-order valence-electron chi connectivity index (χ0n) is 19.0. The zero-order chi connectivity index (χ0) is 23.7. The summed E-state index contributed by atoms with van der Waals surface area (Å²) in [5, 5.41) is 42.6. The van der Waals surface area contributed by atoms with Crippen molar-refractivity contribution in [3.05, 3.63) is 29.8 Å². The largest absolute Gasteiger partial charge is 0.462 e. The minimum absolute atomic E-state index is 0.0644. The van der Waals surface area contributed by atoms with Crippen molar-refractivity contribution in [1.82, 2.24) is 5.32 Å². The monoisotopic (exact) mass is 465 g/mol. The van der Waals surface area contributed by atoms with E-state index in [9.17, 15) is 25.2 Å². The van der Waals surface area contributed by atoms with Crippen LogP contribution < -0.4 is 10.1 Å². The predicted octanol–water partition coefficient (Wildman–Crippen LogP) is 0.636. The molecule has 4 rings (SSSR count). The number of carbonyl (C=O) groups is 1. The Morgan fingerprint density at radius 2 is 1.82 bits per heavy atom. The molecule has 1 amide bonds. The molecular weight excluding hydrogens is 430 g/mol. The maximum Gasteiger partial charge on any atom is 0.229 e. The lowest BCUT2D eigenvalue weighted by Gasteiger charge is -2.40. The molecular formula is C24H35NO8. The van der Waals surface area contributed by atoms with Crippen LogP contribution in [0.15, 0.2) is 24.3 Å². The van der Waals surface area contributed by atoms with Crippen molar-refractivity contribution in [3.8, 4) is 5.75 Å². The number of rotatable bonds is 6. The average Bonchev–Trinajstić information content (AvgIpc) is 3.29. The minimum Gasteiger partial charge on any atom is -0.462 e. The molecule has 0 aromatic heterocycles. The van der Waals surface area contributed by atoms with E-state index in [0.29, 0.717) is 18.1 Å². The Morgan fingerprint density at radius 1 is 1.09 bits per heavy atom. The SMILES string of the molecule is CC(C)C(=O)N[C@@H]1C[C@H](c2ccc(O[C@H]3O[C@H](CO)[C@@H](O)[C@H](O)[C@@H]3O)cc2)O[C@@H]2CCC[C@@H]12. The lowest BCUT2D eigenvalue weighted by Crippen LogP contribution is -2.60. The van der Waals surface area contributed by atoms with E-state index in [1.54, 1.807) is 12.1 Å².